The molecule has 77 heavy (non-hydrogen) atoms. The molecule has 4 aromatic rings. The first-order valence-electron chi connectivity index (χ1n) is 29.6. The highest BCUT2D eigenvalue weighted by Crippen LogP contribution is 2.43. The molecule has 15 nitrogen and oxygen atoms in total. The summed E-state index contributed by atoms with van der Waals surface area (Å²) in [5.74, 6) is -0.240. The van der Waals surface area contributed by atoms with E-state index < -0.39 is 32.5 Å². The Morgan fingerprint density at radius 3 is 1.60 bits per heavy atom. The van der Waals surface area contributed by atoms with Crippen molar-refractivity contribution in [2.45, 2.75) is 215 Å². The Balaban J connectivity index is 1.16. The first-order chi connectivity index (χ1) is 37.0. The molecule has 16 heteroatoms. The Hall–Kier alpha value is -4.53. The molecule has 2 atom stereocenters. The summed E-state index contributed by atoms with van der Waals surface area (Å²) in [5, 5.41) is 7.48. The van der Waals surface area contributed by atoms with Crippen LogP contribution in [0.2, 0.25) is 0 Å². The molecule has 0 radical (unpaired) electrons. The number of esters is 2. The van der Waals surface area contributed by atoms with Crippen LogP contribution in [-0.4, -0.2) is 96.5 Å². The van der Waals surface area contributed by atoms with Crippen molar-refractivity contribution in [2.75, 3.05) is 64.7 Å². The van der Waals surface area contributed by atoms with Gasteiger partial charge < -0.3 is 49.2 Å². The van der Waals surface area contributed by atoms with Crippen LogP contribution >= 0.6 is 7.82 Å². The fourth-order valence-electron chi connectivity index (χ4n) is 10.7. The van der Waals surface area contributed by atoms with Gasteiger partial charge in [0.1, 0.15) is 25.5 Å². The molecule has 0 amide bonds. The van der Waals surface area contributed by atoms with Crippen molar-refractivity contribution < 1.29 is 46.8 Å². The zero-order valence-corrected chi connectivity index (χ0v) is 50.0. The van der Waals surface area contributed by atoms with E-state index in [2.05, 4.69) is 80.1 Å². The van der Waals surface area contributed by atoms with E-state index in [0.717, 1.165) is 74.9 Å². The molecule has 0 saturated carbocycles. The van der Waals surface area contributed by atoms with E-state index in [1.807, 2.05) is 33.3 Å². The molecule has 3 aromatic heterocycles. The van der Waals surface area contributed by atoms with Crippen LogP contribution in [-0.2, 0) is 84.3 Å². The molecular weight excluding hydrogens is 992 g/mol. The number of anilines is 2. The number of likely N-dealkylation sites (N-methyl/N-ethyl adjacent to an activating group) is 1. The summed E-state index contributed by atoms with van der Waals surface area (Å²) in [4.78, 5) is 48.0. The van der Waals surface area contributed by atoms with Gasteiger partial charge in [0, 0.05) is 65.9 Å². The number of benzene rings is 1. The van der Waals surface area contributed by atoms with Gasteiger partial charge in [-0.2, -0.15) is 0 Å². The number of hydrogen-bond donors (Lipinski definition) is 6. The van der Waals surface area contributed by atoms with Gasteiger partial charge >= 0.3 is 19.8 Å². The molecule has 1 aromatic carbocycles. The van der Waals surface area contributed by atoms with E-state index in [9.17, 15) is 19.0 Å². The van der Waals surface area contributed by atoms with Crippen LogP contribution < -0.4 is 15.4 Å². The number of H-pyrrole nitrogens is 3. The maximum Gasteiger partial charge on any atom is 0.472 e. The largest absolute Gasteiger partial charge is 0.494 e. The van der Waals surface area contributed by atoms with Crippen molar-refractivity contribution in [3.63, 3.8) is 0 Å². The Morgan fingerprint density at radius 1 is 0.584 bits per heavy atom. The fraction of sp³-hybridized carbons (Fsp3) is 0.672. The second-order valence-corrected chi connectivity index (χ2v) is 23.8. The number of aromatic nitrogens is 3. The number of phosphoric acid groups is 1. The molecule has 4 heterocycles. The topological polar surface area (TPSA) is 189 Å². The van der Waals surface area contributed by atoms with Crippen molar-refractivity contribution in [3.05, 3.63) is 85.7 Å². The number of carbonyl (C=O) groups excluding carboxylic acids is 2. The number of nitrogens with zero attached hydrogens (tertiary/aromatic N) is 1. The quantitative estimate of drug-likeness (QED) is 0.0113. The van der Waals surface area contributed by atoms with Crippen molar-refractivity contribution in [3.8, 4) is 5.75 Å². The van der Waals surface area contributed by atoms with E-state index >= 15 is 0 Å². The van der Waals surface area contributed by atoms with Gasteiger partial charge in [-0.1, -0.05) is 112 Å². The lowest BCUT2D eigenvalue weighted by Crippen LogP contribution is -2.37. The van der Waals surface area contributed by atoms with E-state index in [4.69, 9.17) is 23.3 Å². The van der Waals surface area contributed by atoms with Crippen LogP contribution in [0.3, 0.4) is 0 Å². The molecule has 2 unspecified atom stereocenters. The highest BCUT2D eigenvalue weighted by molar-refractivity contribution is 7.47. The number of aromatic amines is 3. The third kappa shape index (κ3) is 20.9. The number of hydrogen-bond acceptors (Lipinski definition) is 10. The van der Waals surface area contributed by atoms with E-state index in [-0.39, 0.29) is 26.1 Å². The molecule has 5 rings (SSSR count). The zero-order chi connectivity index (χ0) is 55.8. The first-order valence-corrected chi connectivity index (χ1v) is 31.1. The Bertz CT molecular complexity index is 2470. The van der Waals surface area contributed by atoms with Gasteiger partial charge in [-0.15, -0.1) is 0 Å². The highest BCUT2D eigenvalue weighted by Gasteiger charge is 2.28. The summed E-state index contributed by atoms with van der Waals surface area (Å²) in [6.07, 6.45) is 21.5. The Labute approximate surface area is 462 Å². The normalized spacial score (nSPS) is 14.0. The summed E-state index contributed by atoms with van der Waals surface area (Å²) >= 11 is 0. The number of phosphoric ester groups is 1. The molecule has 6 N–H and O–H groups in total. The molecular formula is C61H100N6O9P+. The standard InChI is InChI=1S/C61H99N6O9P/c1-11-16-17-18-19-20-21-22-23-24-25-26-27-30-60(68)73-42-47(43-75-77(70,71)74-36-34-67(8,9)10)76-61(69)31-28-29-35-72-46-32-33-52-57(37-46)63-41-59-45(7)49(13-3)54(66-59)39-56-51(15-5)50(14-4)55(64-56)38-53-48(12-2)44(6)58(65-53)40-62-52/h32-33,37,47,62-66H,11-31,34-36,38-43H2,1-10H3/p+1. The van der Waals surface area contributed by atoms with Crippen LogP contribution in [0.1, 0.15) is 211 Å². The third-order valence-corrected chi connectivity index (χ3v) is 16.2. The molecule has 0 saturated heterocycles. The van der Waals surface area contributed by atoms with Crippen LogP contribution in [0.4, 0.5) is 11.4 Å². The maximum absolute atomic E-state index is 13.2. The lowest BCUT2D eigenvalue weighted by Gasteiger charge is -2.24. The number of rotatable bonds is 34. The minimum absolute atomic E-state index is 0.00550. The molecule has 1 aliphatic heterocycles. The van der Waals surface area contributed by atoms with Gasteiger partial charge in [-0.25, -0.2) is 4.57 Å². The average molecular weight is 1090 g/mol. The first kappa shape index (κ1) is 63.3. The van der Waals surface area contributed by atoms with Crippen LogP contribution in [0, 0.1) is 13.8 Å². The van der Waals surface area contributed by atoms with Gasteiger partial charge in [0.05, 0.1) is 58.8 Å². The summed E-state index contributed by atoms with van der Waals surface area (Å²) in [5.41, 5.74) is 17.6. The monoisotopic (exact) mass is 1090 g/mol. The number of unbranched alkanes of at least 4 members (excludes halogenated alkanes) is 13. The predicted molar refractivity (Wildman–Crippen MR) is 311 cm³/mol. The van der Waals surface area contributed by atoms with Crippen molar-refractivity contribution in [1.82, 2.24) is 15.0 Å². The second-order valence-electron chi connectivity index (χ2n) is 22.3. The number of nitrogens with one attached hydrogen (secondary N) is 5. The van der Waals surface area contributed by atoms with Crippen molar-refractivity contribution in [2.24, 2.45) is 0 Å². The van der Waals surface area contributed by atoms with Gasteiger partial charge in [0.15, 0.2) is 6.10 Å². The van der Waals surface area contributed by atoms with Gasteiger partial charge in [0.25, 0.3) is 0 Å². The molecule has 0 aliphatic carbocycles. The van der Waals surface area contributed by atoms with Crippen LogP contribution in [0.15, 0.2) is 18.2 Å². The fourth-order valence-corrected chi connectivity index (χ4v) is 11.5. The zero-order valence-electron chi connectivity index (χ0n) is 49.1. The summed E-state index contributed by atoms with van der Waals surface area (Å²) in [7, 11) is 1.36. The average Bonchev–Trinajstić information content (AvgIpc) is 4.02. The maximum atomic E-state index is 13.2. The van der Waals surface area contributed by atoms with Crippen LogP contribution in [0.25, 0.3) is 0 Å². The summed E-state index contributed by atoms with van der Waals surface area (Å²) < 4.78 is 41.2. The molecule has 0 fully saturated rings. The smallest absolute Gasteiger partial charge is 0.472 e. The Morgan fingerprint density at radius 2 is 1.06 bits per heavy atom. The second kappa shape index (κ2) is 32.5. The van der Waals surface area contributed by atoms with Gasteiger partial charge in [-0.3, -0.25) is 18.6 Å². The van der Waals surface area contributed by atoms with Crippen molar-refractivity contribution in [1.29, 1.82) is 0 Å². The lowest BCUT2D eigenvalue weighted by atomic mass is 9.97. The Kier molecular flexibility index (Phi) is 26.7. The van der Waals surface area contributed by atoms with E-state index in [1.54, 1.807) is 0 Å². The SMILES string of the molecule is CCCCCCCCCCCCCCCC(=O)OCC(COP(=O)(O)OCC[N+](C)(C)C)OC(=O)CCCCOc1ccc2c(c1)NCc1[nH]c(c(CC)c1C)Cc1[nH]c(c(CC)c1CC)Cc1[nH]c(c(C)c1CC)CN2. The van der Waals surface area contributed by atoms with Crippen LogP contribution in [0.5, 0.6) is 5.75 Å². The van der Waals surface area contributed by atoms with Gasteiger partial charge in [0.2, 0.25) is 0 Å². The molecule has 432 valence electrons. The van der Waals surface area contributed by atoms with Crippen molar-refractivity contribution >= 4 is 31.1 Å². The lowest BCUT2D eigenvalue weighted by molar-refractivity contribution is -0.870. The number of fused-ring (bicyclic) bond motifs is 7. The van der Waals surface area contributed by atoms with E-state index in [0.29, 0.717) is 55.7 Å². The molecule has 6 bridgehead atoms. The number of ether oxygens (including phenoxy) is 3. The number of quaternary nitrogens is 1. The third-order valence-electron chi connectivity index (χ3n) is 15.3. The molecule has 0 spiro atoms. The minimum atomic E-state index is -4.47. The summed E-state index contributed by atoms with van der Waals surface area (Å²) in [6, 6.07) is 6.06. The minimum Gasteiger partial charge on any atom is -0.494 e. The summed E-state index contributed by atoms with van der Waals surface area (Å²) in [6.45, 7) is 17.0. The van der Waals surface area contributed by atoms with Gasteiger partial charge in [-0.05, 0) is 104 Å². The predicted octanol–water partition coefficient (Wildman–Crippen LogP) is 13.6. The molecule has 1 aliphatic rings. The number of carbonyl (C=O) groups is 2. The highest BCUT2D eigenvalue weighted by atomic mass is 31.2. The van der Waals surface area contributed by atoms with E-state index in [1.165, 1.54) is 120 Å².